The molecule has 0 amide bonds. The molecule has 0 fully saturated rings. The predicted octanol–water partition coefficient (Wildman–Crippen LogP) is 0.850. The van der Waals surface area contributed by atoms with Crippen LogP contribution in [0.4, 0.5) is 0 Å². The van der Waals surface area contributed by atoms with Gasteiger partial charge in [-0.25, -0.2) is 0 Å². The van der Waals surface area contributed by atoms with Crippen molar-refractivity contribution in [1.82, 2.24) is 0 Å². The second kappa shape index (κ2) is 3.91. The molecule has 0 aliphatic rings. The van der Waals surface area contributed by atoms with E-state index in [1.54, 1.807) is 13.8 Å². The predicted molar refractivity (Wildman–Crippen MR) is 38.3 cm³/mol. The third-order valence-corrected chi connectivity index (χ3v) is 1.00. The molecule has 0 unspecified atom stereocenters. The van der Waals surface area contributed by atoms with E-state index in [0.717, 1.165) is 0 Å². The van der Waals surface area contributed by atoms with E-state index >= 15 is 0 Å². The van der Waals surface area contributed by atoms with Gasteiger partial charge in [-0.3, -0.25) is 0 Å². The normalized spacial score (nSPS) is 12.6. The molecule has 62 valence electrons. The summed E-state index contributed by atoms with van der Waals surface area (Å²) in [4.78, 5) is 0. The molecular weight excluding hydrogens is 132 g/mol. The van der Waals surface area contributed by atoms with Crippen LogP contribution in [0.1, 0.15) is 33.6 Å². The van der Waals surface area contributed by atoms with E-state index < -0.39 is 5.97 Å². The Morgan fingerprint density at radius 2 is 1.90 bits per heavy atom. The first kappa shape index (κ1) is 9.88. The lowest BCUT2D eigenvalue weighted by atomic mass is 10.3. The smallest absolute Gasteiger partial charge is 0.278 e. The summed E-state index contributed by atoms with van der Waals surface area (Å²) in [5.74, 6) is -1.93. The van der Waals surface area contributed by atoms with Gasteiger partial charge in [0.25, 0.3) is 5.97 Å². The van der Waals surface area contributed by atoms with Gasteiger partial charge in [-0.1, -0.05) is 6.92 Å². The van der Waals surface area contributed by atoms with E-state index in [9.17, 15) is 0 Å². The van der Waals surface area contributed by atoms with Crippen molar-refractivity contribution in [2.75, 3.05) is 0 Å². The minimum Gasteiger partial charge on any atom is -0.343 e. The molecule has 0 spiro atoms. The number of hydrogen-bond donors (Lipinski definition) is 2. The van der Waals surface area contributed by atoms with Gasteiger partial charge in [0.1, 0.15) is 0 Å². The molecular formula is C7H16O3. The first-order valence-electron chi connectivity index (χ1n) is 3.60. The van der Waals surface area contributed by atoms with Crippen LogP contribution in [0.5, 0.6) is 0 Å². The van der Waals surface area contributed by atoms with Crippen molar-refractivity contribution in [2.45, 2.75) is 45.7 Å². The van der Waals surface area contributed by atoms with Gasteiger partial charge in [-0.2, -0.15) is 0 Å². The second-order valence-corrected chi connectivity index (χ2v) is 2.66. The van der Waals surface area contributed by atoms with E-state index in [0.29, 0.717) is 6.42 Å². The van der Waals surface area contributed by atoms with Gasteiger partial charge in [0, 0.05) is 6.42 Å². The molecule has 0 aliphatic heterocycles. The summed E-state index contributed by atoms with van der Waals surface area (Å²) in [6.45, 7) is 5.39. The Bertz CT molecular complexity index is 88.9. The molecule has 3 nitrogen and oxygen atoms in total. The maximum Gasteiger partial charge on any atom is 0.278 e. The van der Waals surface area contributed by atoms with E-state index in [1.807, 2.05) is 6.92 Å². The number of hydrogen-bond acceptors (Lipinski definition) is 3. The van der Waals surface area contributed by atoms with Gasteiger partial charge in [0.15, 0.2) is 0 Å². The zero-order valence-electron chi connectivity index (χ0n) is 6.79. The Morgan fingerprint density at radius 1 is 1.40 bits per heavy atom. The molecule has 0 rings (SSSR count). The van der Waals surface area contributed by atoms with E-state index in [2.05, 4.69) is 0 Å². The van der Waals surface area contributed by atoms with Crippen molar-refractivity contribution in [3.63, 3.8) is 0 Å². The molecule has 0 aliphatic carbocycles. The lowest BCUT2D eigenvalue weighted by Gasteiger charge is -2.23. The highest BCUT2D eigenvalue weighted by molar-refractivity contribution is 4.51. The van der Waals surface area contributed by atoms with Gasteiger partial charge in [-0.15, -0.1) is 0 Å². The molecule has 0 aromatic rings. The molecule has 0 bridgehead atoms. The maximum atomic E-state index is 9.02. The minimum atomic E-state index is -1.93. The van der Waals surface area contributed by atoms with Gasteiger partial charge in [0.05, 0.1) is 6.10 Å². The minimum absolute atomic E-state index is 0.151. The fourth-order valence-corrected chi connectivity index (χ4v) is 0.762. The molecule has 2 N–H and O–H groups in total. The van der Waals surface area contributed by atoms with Crippen LogP contribution in [-0.2, 0) is 4.74 Å². The number of ether oxygens (including phenoxy) is 1. The van der Waals surface area contributed by atoms with E-state index in [1.165, 1.54) is 0 Å². The van der Waals surface area contributed by atoms with Crippen LogP contribution in [0.25, 0.3) is 0 Å². The lowest BCUT2D eigenvalue weighted by molar-refractivity contribution is -0.352. The molecule has 0 atom stereocenters. The summed E-state index contributed by atoms with van der Waals surface area (Å²) in [6, 6.07) is 0. The van der Waals surface area contributed by atoms with Crippen molar-refractivity contribution in [2.24, 2.45) is 0 Å². The Kier molecular flexibility index (Phi) is 3.86. The fourth-order valence-electron chi connectivity index (χ4n) is 0.762. The molecule has 0 saturated heterocycles. The van der Waals surface area contributed by atoms with Crippen LogP contribution < -0.4 is 0 Å². The molecule has 0 radical (unpaired) electrons. The summed E-state index contributed by atoms with van der Waals surface area (Å²) < 4.78 is 4.79. The van der Waals surface area contributed by atoms with Crippen LogP contribution in [0.2, 0.25) is 0 Å². The summed E-state index contributed by atoms with van der Waals surface area (Å²) >= 11 is 0. The summed E-state index contributed by atoms with van der Waals surface area (Å²) in [5.41, 5.74) is 0. The Labute approximate surface area is 61.6 Å². The van der Waals surface area contributed by atoms with Crippen LogP contribution in [0.15, 0.2) is 0 Å². The Balaban J connectivity index is 3.63. The number of aliphatic hydroxyl groups is 2. The Morgan fingerprint density at radius 3 is 2.20 bits per heavy atom. The first-order valence-corrected chi connectivity index (χ1v) is 3.60. The zero-order valence-corrected chi connectivity index (χ0v) is 6.79. The molecule has 3 heteroatoms. The second-order valence-electron chi connectivity index (χ2n) is 2.66. The zero-order chi connectivity index (χ0) is 8.20. The highest BCUT2D eigenvalue weighted by atomic mass is 16.8. The number of rotatable bonds is 4. The van der Waals surface area contributed by atoms with Gasteiger partial charge in [0.2, 0.25) is 0 Å². The van der Waals surface area contributed by atoms with Crippen molar-refractivity contribution in [3.8, 4) is 0 Å². The standard InChI is InChI=1S/C7H16O3/c1-4-5-7(8,9)10-6(2)3/h6,8-9H,4-5H2,1-3H3. The largest absolute Gasteiger partial charge is 0.343 e. The van der Waals surface area contributed by atoms with Gasteiger partial charge >= 0.3 is 0 Å². The fraction of sp³-hybridized carbons (Fsp3) is 1.00. The van der Waals surface area contributed by atoms with Crippen LogP contribution in [0.3, 0.4) is 0 Å². The van der Waals surface area contributed by atoms with E-state index in [4.69, 9.17) is 14.9 Å². The molecule has 10 heavy (non-hydrogen) atoms. The van der Waals surface area contributed by atoms with Crippen molar-refractivity contribution < 1.29 is 14.9 Å². The SMILES string of the molecule is CCCC(O)(O)OC(C)C. The molecule has 0 aromatic heterocycles. The van der Waals surface area contributed by atoms with Crippen molar-refractivity contribution >= 4 is 0 Å². The highest BCUT2D eigenvalue weighted by Crippen LogP contribution is 2.12. The third-order valence-electron chi connectivity index (χ3n) is 1.00. The van der Waals surface area contributed by atoms with E-state index in [-0.39, 0.29) is 12.5 Å². The van der Waals surface area contributed by atoms with Crippen LogP contribution >= 0.6 is 0 Å². The molecule has 0 aromatic carbocycles. The summed E-state index contributed by atoms with van der Waals surface area (Å²) in [6.07, 6.45) is 0.798. The Hall–Kier alpha value is -0.120. The summed E-state index contributed by atoms with van der Waals surface area (Å²) in [5, 5.41) is 18.0. The van der Waals surface area contributed by atoms with Crippen molar-refractivity contribution in [1.29, 1.82) is 0 Å². The quantitative estimate of drug-likeness (QED) is 0.581. The highest BCUT2D eigenvalue weighted by Gasteiger charge is 2.23. The lowest BCUT2D eigenvalue weighted by Crippen LogP contribution is -2.34. The third kappa shape index (κ3) is 4.73. The van der Waals surface area contributed by atoms with Crippen LogP contribution in [0, 0.1) is 0 Å². The average Bonchev–Trinajstić information content (AvgIpc) is 1.59. The van der Waals surface area contributed by atoms with Crippen LogP contribution in [-0.4, -0.2) is 22.3 Å². The maximum absolute atomic E-state index is 9.02. The van der Waals surface area contributed by atoms with Gasteiger partial charge in [-0.05, 0) is 20.3 Å². The monoisotopic (exact) mass is 148 g/mol. The average molecular weight is 148 g/mol. The van der Waals surface area contributed by atoms with Gasteiger partial charge < -0.3 is 14.9 Å². The summed E-state index contributed by atoms with van der Waals surface area (Å²) in [7, 11) is 0. The van der Waals surface area contributed by atoms with Crippen molar-refractivity contribution in [3.05, 3.63) is 0 Å². The molecule has 0 heterocycles. The topological polar surface area (TPSA) is 49.7 Å². The molecule has 0 saturated carbocycles. The first-order chi connectivity index (χ1) is 4.48.